The quantitative estimate of drug-likeness (QED) is 0.368. The highest BCUT2D eigenvalue weighted by Gasteiger charge is 2.42. The number of unbranched alkanes of at least 4 members (excludes halogenated alkanes) is 1. The Bertz CT molecular complexity index is 488. The predicted molar refractivity (Wildman–Crippen MR) is 93.0 cm³/mol. The number of amides is 3. The van der Waals surface area contributed by atoms with Gasteiger partial charge in [0.1, 0.15) is 6.04 Å². The molecule has 2 fully saturated rings. The van der Waals surface area contributed by atoms with E-state index in [4.69, 9.17) is 0 Å². The molecule has 0 aromatic carbocycles. The van der Waals surface area contributed by atoms with E-state index in [0.29, 0.717) is 18.1 Å². The van der Waals surface area contributed by atoms with Crippen LogP contribution in [-0.2, 0) is 9.59 Å². The van der Waals surface area contributed by atoms with Gasteiger partial charge in [-0.15, -0.1) is 0 Å². The van der Waals surface area contributed by atoms with E-state index in [1.54, 1.807) is 0 Å². The Morgan fingerprint density at radius 1 is 1.38 bits per heavy atom. The summed E-state index contributed by atoms with van der Waals surface area (Å²) in [5, 5.41) is 18.1. The molecule has 0 aromatic heterocycles. The van der Waals surface area contributed by atoms with E-state index in [1.807, 2.05) is 25.6 Å². The van der Waals surface area contributed by atoms with Crippen molar-refractivity contribution in [1.29, 1.82) is 0 Å². The maximum absolute atomic E-state index is 12.0. The first-order valence-electron chi connectivity index (χ1n) is 8.63. The second-order valence-corrected chi connectivity index (χ2v) is 7.91. The third-order valence-electron chi connectivity index (χ3n) is 4.88. The topological polar surface area (TPSA) is 108 Å². The number of carbonyl (C=O) groups is 3. The first-order valence-corrected chi connectivity index (χ1v) is 9.68. The monoisotopic (exact) mass is 357 g/mol. The third kappa shape index (κ3) is 4.78. The molecule has 8 heteroatoms. The summed E-state index contributed by atoms with van der Waals surface area (Å²) >= 11 is 1.86. The van der Waals surface area contributed by atoms with Crippen molar-refractivity contribution in [2.75, 3.05) is 5.75 Å². The van der Waals surface area contributed by atoms with Crippen molar-refractivity contribution in [3.05, 3.63) is 0 Å². The highest BCUT2D eigenvalue weighted by atomic mass is 32.2. The SMILES string of the molecule is CCC(C)[C@H](NC(=O)CCCC[C@@H]1SC[C@@H]2NC(=O)N[C@@H]21)C(=O)O. The maximum Gasteiger partial charge on any atom is 0.326 e. The number of carboxylic acid groups (broad SMARTS) is 1. The standard InChI is InChI=1S/C16H27N3O4S/c1-3-9(2)13(15(21)22)18-12(20)7-5-4-6-11-14-10(8-24-11)17-16(23)19-14/h9-11,13-14H,3-8H2,1-2H3,(H,18,20)(H,21,22)(H2,17,19,23)/t9?,10-,11-,13-,14-/m0/s1. The van der Waals surface area contributed by atoms with E-state index in [2.05, 4.69) is 16.0 Å². The van der Waals surface area contributed by atoms with Gasteiger partial charge in [-0.05, 0) is 18.8 Å². The molecule has 2 saturated heterocycles. The lowest BCUT2D eigenvalue weighted by molar-refractivity contribution is -0.143. The Morgan fingerprint density at radius 3 is 2.79 bits per heavy atom. The zero-order valence-electron chi connectivity index (χ0n) is 14.2. The predicted octanol–water partition coefficient (Wildman–Crippen LogP) is 1.33. The van der Waals surface area contributed by atoms with Crippen molar-refractivity contribution in [2.45, 2.75) is 69.3 Å². The summed E-state index contributed by atoms with van der Waals surface area (Å²) in [5.41, 5.74) is 0. The van der Waals surface area contributed by atoms with Crippen LogP contribution in [-0.4, -0.2) is 52.1 Å². The lowest BCUT2D eigenvalue weighted by atomic mass is 9.99. The largest absolute Gasteiger partial charge is 0.480 e. The van der Waals surface area contributed by atoms with E-state index < -0.39 is 12.0 Å². The summed E-state index contributed by atoms with van der Waals surface area (Å²) in [6.07, 6.45) is 3.63. The number of hydrogen-bond acceptors (Lipinski definition) is 4. The molecule has 0 bridgehead atoms. The first-order chi connectivity index (χ1) is 11.4. The van der Waals surface area contributed by atoms with Crippen LogP contribution in [0.4, 0.5) is 4.79 Å². The summed E-state index contributed by atoms with van der Waals surface area (Å²) in [5.74, 6) is -0.327. The second-order valence-electron chi connectivity index (χ2n) is 6.64. The van der Waals surface area contributed by atoms with Gasteiger partial charge in [-0.3, -0.25) is 4.79 Å². The fraction of sp³-hybridized carbons (Fsp3) is 0.812. The highest BCUT2D eigenvalue weighted by Crippen LogP contribution is 2.33. The van der Waals surface area contributed by atoms with Crippen molar-refractivity contribution in [2.24, 2.45) is 5.92 Å². The van der Waals surface area contributed by atoms with Crippen LogP contribution < -0.4 is 16.0 Å². The molecular weight excluding hydrogens is 330 g/mol. The van der Waals surface area contributed by atoms with Crippen molar-refractivity contribution in [1.82, 2.24) is 16.0 Å². The number of hydrogen-bond donors (Lipinski definition) is 4. The number of rotatable bonds is 9. The van der Waals surface area contributed by atoms with Crippen molar-refractivity contribution in [3.63, 3.8) is 0 Å². The average Bonchev–Trinajstić information content (AvgIpc) is 3.07. The number of carbonyl (C=O) groups excluding carboxylic acids is 2. The van der Waals surface area contributed by atoms with E-state index in [1.165, 1.54) is 0 Å². The fourth-order valence-electron chi connectivity index (χ4n) is 3.20. The Hall–Kier alpha value is -1.44. The summed E-state index contributed by atoms with van der Waals surface area (Å²) in [7, 11) is 0. The van der Waals surface area contributed by atoms with Gasteiger partial charge in [-0.2, -0.15) is 11.8 Å². The van der Waals surface area contributed by atoms with E-state index in [-0.39, 0.29) is 29.9 Å². The van der Waals surface area contributed by atoms with Crippen LogP contribution in [0.1, 0.15) is 46.0 Å². The van der Waals surface area contributed by atoms with Crippen LogP contribution in [0.15, 0.2) is 0 Å². The molecule has 0 saturated carbocycles. The summed E-state index contributed by atoms with van der Waals surface area (Å²) in [6.45, 7) is 3.74. The molecule has 24 heavy (non-hydrogen) atoms. The van der Waals surface area contributed by atoms with Crippen LogP contribution >= 0.6 is 11.8 Å². The molecular formula is C16H27N3O4S. The van der Waals surface area contributed by atoms with Crippen LogP contribution in [0.5, 0.6) is 0 Å². The number of fused-ring (bicyclic) bond motifs is 1. The minimum Gasteiger partial charge on any atom is -0.480 e. The third-order valence-corrected chi connectivity index (χ3v) is 6.38. The van der Waals surface area contributed by atoms with Crippen LogP contribution in [0.2, 0.25) is 0 Å². The molecule has 5 atom stereocenters. The Balaban J connectivity index is 1.66. The minimum atomic E-state index is -0.976. The van der Waals surface area contributed by atoms with Crippen molar-refractivity contribution >= 4 is 29.7 Å². The summed E-state index contributed by atoms with van der Waals surface area (Å²) in [6, 6.07) is -0.478. The number of urea groups is 1. The first kappa shape index (κ1) is 18.9. The number of carboxylic acids is 1. The molecule has 136 valence electrons. The Labute approximate surface area is 146 Å². The van der Waals surface area contributed by atoms with Gasteiger partial charge < -0.3 is 21.1 Å². The van der Waals surface area contributed by atoms with Crippen LogP contribution in [0, 0.1) is 5.92 Å². The van der Waals surface area contributed by atoms with Crippen LogP contribution in [0.3, 0.4) is 0 Å². The highest BCUT2D eigenvalue weighted by molar-refractivity contribution is 8.00. The number of thioether (sulfide) groups is 1. The minimum absolute atomic E-state index is 0.0839. The molecule has 0 radical (unpaired) electrons. The molecule has 4 N–H and O–H groups in total. The zero-order chi connectivity index (χ0) is 17.7. The van der Waals surface area contributed by atoms with E-state index >= 15 is 0 Å². The molecule has 3 amide bonds. The molecule has 1 unspecified atom stereocenters. The van der Waals surface area contributed by atoms with Gasteiger partial charge in [0.05, 0.1) is 12.1 Å². The molecule has 2 aliphatic rings. The fourth-order valence-corrected chi connectivity index (χ4v) is 4.75. The maximum atomic E-state index is 12.0. The number of aliphatic carboxylic acids is 1. The van der Waals surface area contributed by atoms with Crippen LogP contribution in [0.25, 0.3) is 0 Å². The van der Waals surface area contributed by atoms with E-state index in [9.17, 15) is 19.5 Å². The van der Waals surface area contributed by atoms with Gasteiger partial charge >= 0.3 is 12.0 Å². The van der Waals surface area contributed by atoms with Gasteiger partial charge in [0.15, 0.2) is 0 Å². The normalized spacial score (nSPS) is 27.8. The van der Waals surface area contributed by atoms with Gasteiger partial charge in [0, 0.05) is 17.4 Å². The zero-order valence-corrected chi connectivity index (χ0v) is 15.0. The smallest absolute Gasteiger partial charge is 0.326 e. The van der Waals surface area contributed by atoms with Gasteiger partial charge in [-0.25, -0.2) is 9.59 Å². The molecule has 0 spiro atoms. The number of nitrogens with one attached hydrogen (secondary N) is 3. The molecule has 0 aliphatic carbocycles. The summed E-state index contributed by atoms with van der Waals surface area (Å²) < 4.78 is 0. The average molecular weight is 357 g/mol. The van der Waals surface area contributed by atoms with E-state index in [0.717, 1.165) is 25.0 Å². The molecule has 7 nitrogen and oxygen atoms in total. The van der Waals surface area contributed by atoms with Crippen molar-refractivity contribution in [3.8, 4) is 0 Å². The summed E-state index contributed by atoms with van der Waals surface area (Å²) in [4.78, 5) is 34.5. The van der Waals surface area contributed by atoms with Gasteiger partial charge in [0.2, 0.25) is 5.91 Å². The Kier molecular flexibility index (Phi) is 6.77. The molecule has 2 heterocycles. The van der Waals surface area contributed by atoms with Crippen molar-refractivity contribution < 1.29 is 19.5 Å². The molecule has 2 aliphatic heterocycles. The Morgan fingerprint density at radius 2 is 2.12 bits per heavy atom. The lowest BCUT2D eigenvalue weighted by Crippen LogP contribution is -2.44. The van der Waals surface area contributed by atoms with Gasteiger partial charge in [0.25, 0.3) is 0 Å². The van der Waals surface area contributed by atoms with Gasteiger partial charge in [-0.1, -0.05) is 26.7 Å². The molecule has 0 aromatic rings. The lowest BCUT2D eigenvalue weighted by Gasteiger charge is -2.20. The molecule has 2 rings (SSSR count). The second kappa shape index (κ2) is 8.60.